The molecule has 0 fully saturated rings. The summed E-state index contributed by atoms with van der Waals surface area (Å²) >= 11 is 0.917. The summed E-state index contributed by atoms with van der Waals surface area (Å²) < 4.78 is 50.6. The third kappa shape index (κ3) is 2.78. The van der Waals surface area contributed by atoms with E-state index in [9.17, 15) is 23.1 Å². The van der Waals surface area contributed by atoms with Crippen LogP contribution in [-0.4, -0.2) is 34.7 Å². The van der Waals surface area contributed by atoms with Crippen LogP contribution in [0, 0.1) is 0 Å². The van der Waals surface area contributed by atoms with Crippen LogP contribution in [0.25, 0.3) is 16.2 Å². The molecule has 0 amide bonds. The molecule has 0 saturated heterocycles. The van der Waals surface area contributed by atoms with Crippen molar-refractivity contribution in [2.24, 2.45) is 0 Å². The van der Waals surface area contributed by atoms with Crippen LogP contribution in [0.1, 0.15) is 16.2 Å². The lowest BCUT2D eigenvalue weighted by atomic mass is 10.1. The van der Waals surface area contributed by atoms with Gasteiger partial charge in [-0.05, 0) is 18.2 Å². The van der Waals surface area contributed by atoms with E-state index < -0.39 is 23.5 Å². The number of rotatable bonds is 4. The van der Waals surface area contributed by atoms with Gasteiger partial charge in [0.05, 0.1) is 19.9 Å². The number of hydrogen-bond donors (Lipinski definition) is 1. The molecular weight excluding hydrogens is 361 g/mol. The number of aromatic carboxylic acids is 1. The van der Waals surface area contributed by atoms with Crippen LogP contribution < -0.4 is 9.47 Å². The molecule has 0 bridgehead atoms. The standard InChI is InChI=1S/C15H11F3N2O4S/c1-23-9-4-3-7(5-10(9)24-2)8-6-25-14-19-12(15(16,17)18)11(13(21)22)20(8)14/h3-6H,1-2H3,(H,21,22). The predicted molar refractivity (Wildman–Crippen MR) is 83.6 cm³/mol. The van der Waals surface area contributed by atoms with Crippen LogP contribution in [-0.2, 0) is 6.18 Å². The van der Waals surface area contributed by atoms with Gasteiger partial charge in [-0.25, -0.2) is 9.78 Å². The van der Waals surface area contributed by atoms with Crippen molar-refractivity contribution in [3.8, 4) is 22.8 Å². The van der Waals surface area contributed by atoms with Crippen molar-refractivity contribution in [2.75, 3.05) is 14.2 Å². The highest BCUT2D eigenvalue weighted by atomic mass is 32.1. The van der Waals surface area contributed by atoms with E-state index in [2.05, 4.69) is 4.98 Å². The van der Waals surface area contributed by atoms with Crippen molar-refractivity contribution >= 4 is 22.3 Å². The molecule has 2 aromatic heterocycles. The maximum absolute atomic E-state index is 13.1. The fourth-order valence-corrected chi connectivity index (χ4v) is 3.35. The van der Waals surface area contributed by atoms with E-state index in [4.69, 9.17) is 9.47 Å². The molecule has 0 saturated carbocycles. The maximum atomic E-state index is 13.1. The Morgan fingerprint density at radius 2 is 1.92 bits per heavy atom. The van der Waals surface area contributed by atoms with Gasteiger partial charge in [0.25, 0.3) is 0 Å². The molecule has 132 valence electrons. The molecular formula is C15H11F3N2O4S. The van der Waals surface area contributed by atoms with Gasteiger partial charge in [0.15, 0.2) is 27.8 Å². The van der Waals surface area contributed by atoms with Gasteiger partial charge in [0.1, 0.15) is 0 Å². The Morgan fingerprint density at radius 1 is 1.24 bits per heavy atom. The van der Waals surface area contributed by atoms with Gasteiger partial charge in [-0.2, -0.15) is 13.2 Å². The van der Waals surface area contributed by atoms with Gasteiger partial charge in [-0.3, -0.25) is 4.40 Å². The highest BCUT2D eigenvalue weighted by molar-refractivity contribution is 7.15. The molecule has 1 N–H and O–H groups in total. The fraction of sp³-hybridized carbons (Fsp3) is 0.200. The van der Waals surface area contributed by atoms with E-state index in [1.54, 1.807) is 18.2 Å². The van der Waals surface area contributed by atoms with Gasteiger partial charge < -0.3 is 14.6 Å². The molecule has 0 radical (unpaired) electrons. The summed E-state index contributed by atoms with van der Waals surface area (Å²) in [7, 11) is 2.88. The molecule has 1 aromatic carbocycles. The van der Waals surface area contributed by atoms with Crippen LogP contribution in [0.2, 0.25) is 0 Å². The van der Waals surface area contributed by atoms with Gasteiger partial charge >= 0.3 is 12.1 Å². The quantitative estimate of drug-likeness (QED) is 0.754. The Morgan fingerprint density at radius 3 is 2.48 bits per heavy atom. The number of methoxy groups -OCH3 is 2. The van der Waals surface area contributed by atoms with Crippen molar-refractivity contribution < 1.29 is 32.5 Å². The third-order valence-electron chi connectivity index (χ3n) is 3.51. The van der Waals surface area contributed by atoms with Gasteiger partial charge in [0, 0.05) is 10.9 Å². The number of aromatic nitrogens is 2. The van der Waals surface area contributed by atoms with Crippen molar-refractivity contribution in [3.05, 3.63) is 35.0 Å². The second-order valence-electron chi connectivity index (χ2n) is 4.92. The van der Waals surface area contributed by atoms with E-state index in [-0.39, 0.29) is 10.7 Å². The number of ether oxygens (including phenoxy) is 2. The normalized spacial score (nSPS) is 11.7. The Balaban J connectivity index is 2.28. The second kappa shape index (κ2) is 5.96. The minimum atomic E-state index is -4.87. The van der Waals surface area contributed by atoms with Crippen LogP contribution in [0.4, 0.5) is 13.2 Å². The fourth-order valence-electron chi connectivity index (χ4n) is 2.45. The molecule has 0 aliphatic heterocycles. The number of thiazole rings is 1. The zero-order valence-corrected chi connectivity index (χ0v) is 13.7. The Hall–Kier alpha value is -2.75. The van der Waals surface area contributed by atoms with E-state index in [0.717, 1.165) is 15.7 Å². The molecule has 3 aromatic rings. The zero-order valence-electron chi connectivity index (χ0n) is 12.9. The molecule has 0 aliphatic rings. The lowest BCUT2D eigenvalue weighted by molar-refractivity contribution is -0.141. The van der Waals surface area contributed by atoms with Crippen LogP contribution >= 0.6 is 11.3 Å². The first kappa shape index (κ1) is 17.1. The lowest BCUT2D eigenvalue weighted by Gasteiger charge is -2.10. The van der Waals surface area contributed by atoms with E-state index in [0.29, 0.717) is 17.1 Å². The Kier molecular flexibility index (Phi) is 4.07. The maximum Gasteiger partial charge on any atom is 0.435 e. The molecule has 25 heavy (non-hydrogen) atoms. The molecule has 0 aliphatic carbocycles. The highest BCUT2D eigenvalue weighted by Crippen LogP contribution is 2.38. The van der Waals surface area contributed by atoms with Crippen molar-refractivity contribution in [1.29, 1.82) is 0 Å². The third-order valence-corrected chi connectivity index (χ3v) is 4.34. The van der Waals surface area contributed by atoms with Gasteiger partial charge in [0.2, 0.25) is 0 Å². The Bertz CT molecular complexity index is 962. The number of carboxylic acids is 1. The number of carbonyl (C=O) groups is 1. The largest absolute Gasteiger partial charge is 0.493 e. The van der Waals surface area contributed by atoms with Crippen molar-refractivity contribution in [3.63, 3.8) is 0 Å². The minimum Gasteiger partial charge on any atom is -0.493 e. The minimum absolute atomic E-state index is 0.0606. The number of carboxylic acid groups (broad SMARTS) is 1. The molecule has 0 spiro atoms. The number of imidazole rings is 1. The van der Waals surface area contributed by atoms with E-state index in [1.807, 2.05) is 0 Å². The molecule has 0 atom stereocenters. The number of fused-ring (bicyclic) bond motifs is 1. The number of benzene rings is 1. The number of hydrogen-bond acceptors (Lipinski definition) is 5. The average Bonchev–Trinajstić information content (AvgIpc) is 3.12. The topological polar surface area (TPSA) is 73.1 Å². The highest BCUT2D eigenvalue weighted by Gasteiger charge is 2.41. The second-order valence-corrected chi connectivity index (χ2v) is 5.76. The van der Waals surface area contributed by atoms with Gasteiger partial charge in [-0.1, -0.05) is 0 Å². The summed E-state index contributed by atoms with van der Waals surface area (Å²) in [5, 5.41) is 10.8. The first-order chi connectivity index (χ1) is 11.8. The summed E-state index contributed by atoms with van der Waals surface area (Å²) in [5.41, 5.74) is -1.61. The zero-order chi connectivity index (χ0) is 18.4. The summed E-state index contributed by atoms with van der Waals surface area (Å²) in [4.78, 5) is 14.8. The molecule has 10 heteroatoms. The number of nitrogens with zero attached hydrogens (tertiary/aromatic N) is 2. The van der Waals surface area contributed by atoms with Crippen LogP contribution in [0.15, 0.2) is 23.6 Å². The van der Waals surface area contributed by atoms with Crippen molar-refractivity contribution in [1.82, 2.24) is 9.38 Å². The first-order valence-electron chi connectivity index (χ1n) is 6.80. The molecule has 3 rings (SSSR count). The lowest BCUT2D eigenvalue weighted by Crippen LogP contribution is -2.14. The molecule has 6 nitrogen and oxygen atoms in total. The smallest absolute Gasteiger partial charge is 0.435 e. The summed E-state index contributed by atoms with van der Waals surface area (Å²) in [6.45, 7) is 0. The monoisotopic (exact) mass is 372 g/mol. The predicted octanol–water partition coefficient (Wildman–Crippen LogP) is 3.80. The SMILES string of the molecule is COc1ccc(-c2csc3nc(C(F)(F)F)c(C(=O)O)n23)cc1OC. The summed E-state index contributed by atoms with van der Waals surface area (Å²) in [6, 6.07) is 4.74. The summed E-state index contributed by atoms with van der Waals surface area (Å²) in [6.07, 6.45) is -4.87. The van der Waals surface area contributed by atoms with Crippen LogP contribution in [0.3, 0.4) is 0 Å². The summed E-state index contributed by atoms with van der Waals surface area (Å²) in [5.74, 6) is -0.898. The Labute approximate surface area is 143 Å². The first-order valence-corrected chi connectivity index (χ1v) is 7.68. The molecule has 2 heterocycles. The van der Waals surface area contributed by atoms with Crippen LogP contribution in [0.5, 0.6) is 11.5 Å². The van der Waals surface area contributed by atoms with Gasteiger partial charge in [-0.15, -0.1) is 11.3 Å². The number of halogens is 3. The van der Waals surface area contributed by atoms with Crippen molar-refractivity contribution in [2.45, 2.75) is 6.18 Å². The molecule has 0 unspecified atom stereocenters. The number of alkyl halides is 3. The average molecular weight is 372 g/mol. The van der Waals surface area contributed by atoms with E-state index in [1.165, 1.54) is 19.6 Å². The van der Waals surface area contributed by atoms with E-state index >= 15 is 0 Å².